The van der Waals surface area contributed by atoms with Crippen molar-refractivity contribution in [2.75, 3.05) is 31.5 Å². The van der Waals surface area contributed by atoms with Gasteiger partial charge in [0, 0.05) is 33.6 Å². The highest BCUT2D eigenvalue weighted by Crippen LogP contribution is 2.31. The lowest BCUT2D eigenvalue weighted by molar-refractivity contribution is 0.271. The van der Waals surface area contributed by atoms with Gasteiger partial charge in [-0.05, 0) is 56.6 Å². The number of nitrogens with zero attached hydrogens (tertiary/aromatic N) is 1. The van der Waals surface area contributed by atoms with E-state index in [0.29, 0.717) is 0 Å². The zero-order valence-electron chi connectivity index (χ0n) is 19.6. The van der Waals surface area contributed by atoms with Crippen molar-refractivity contribution in [3.8, 4) is 0 Å². The van der Waals surface area contributed by atoms with Gasteiger partial charge >= 0.3 is 0 Å². The van der Waals surface area contributed by atoms with Crippen LogP contribution in [-0.2, 0) is 0 Å². The summed E-state index contributed by atoms with van der Waals surface area (Å²) in [5.74, 6) is 0. The Bertz CT molecular complexity index is 1010. The summed E-state index contributed by atoms with van der Waals surface area (Å²) in [7, 11) is 0. The van der Waals surface area contributed by atoms with E-state index in [9.17, 15) is 4.79 Å². The first-order valence-corrected chi connectivity index (χ1v) is 12.4. The van der Waals surface area contributed by atoms with E-state index < -0.39 is 0 Å². The van der Waals surface area contributed by atoms with Crippen LogP contribution < -0.4 is 10.7 Å². The first-order chi connectivity index (χ1) is 14.7. The van der Waals surface area contributed by atoms with Gasteiger partial charge in [0.05, 0.1) is 5.39 Å². The van der Waals surface area contributed by atoms with Crippen molar-refractivity contribution < 1.29 is 0 Å². The van der Waals surface area contributed by atoms with Gasteiger partial charge in [-0.1, -0.05) is 57.7 Å². The first kappa shape index (κ1) is 28.7. The molecule has 0 fully saturated rings. The molecule has 1 aromatic heterocycles. The van der Waals surface area contributed by atoms with Crippen molar-refractivity contribution in [1.29, 1.82) is 0 Å². The van der Waals surface area contributed by atoms with Crippen LogP contribution in [0.15, 0.2) is 41.2 Å². The number of anilines is 1. The molecule has 3 nitrogen and oxygen atoms in total. The number of rotatable bonds is 12. The predicted octanol–water partition coefficient (Wildman–Crippen LogP) is 7.66. The largest absolute Gasteiger partial charge is 0.383 e. The van der Waals surface area contributed by atoms with Crippen LogP contribution in [0.5, 0.6) is 0 Å². The molecule has 0 unspecified atom stereocenters. The van der Waals surface area contributed by atoms with Crippen molar-refractivity contribution in [1.82, 2.24) is 4.90 Å². The molecule has 0 saturated carbocycles. The molecule has 3 rings (SSSR count). The minimum atomic E-state index is 0. The molecule has 0 bridgehead atoms. The molecule has 0 spiro atoms. The Kier molecular flexibility index (Phi) is 13.2. The SMILES string of the molecule is CCCCCN(CCCCC)CCNc1ccc(C)c2sc3ccccc3c(=O)c12.Cl.Cl. The van der Waals surface area contributed by atoms with Crippen LogP contribution in [0.4, 0.5) is 5.69 Å². The average Bonchev–Trinajstić information content (AvgIpc) is 2.75. The van der Waals surface area contributed by atoms with Gasteiger partial charge < -0.3 is 10.2 Å². The molecule has 0 aliphatic heterocycles. The highest BCUT2D eigenvalue weighted by molar-refractivity contribution is 7.24. The number of aryl methyl sites for hydroxylation is 1. The van der Waals surface area contributed by atoms with Gasteiger partial charge in [-0.2, -0.15) is 0 Å². The second-order valence-corrected chi connectivity index (χ2v) is 9.30. The zero-order chi connectivity index (χ0) is 21.3. The Morgan fingerprint density at radius 3 is 2.19 bits per heavy atom. The Hall–Kier alpha value is -1.33. The average molecular weight is 498 g/mol. The molecule has 0 saturated heterocycles. The lowest BCUT2D eigenvalue weighted by Crippen LogP contribution is -2.31. The van der Waals surface area contributed by atoms with Crippen molar-refractivity contribution in [2.24, 2.45) is 0 Å². The zero-order valence-corrected chi connectivity index (χ0v) is 22.1. The van der Waals surface area contributed by atoms with E-state index in [-0.39, 0.29) is 30.2 Å². The molecule has 1 N–H and O–H groups in total. The Morgan fingerprint density at radius 2 is 1.53 bits per heavy atom. The van der Waals surface area contributed by atoms with Crippen LogP contribution in [0.1, 0.15) is 57.9 Å². The van der Waals surface area contributed by atoms with E-state index in [4.69, 9.17) is 0 Å². The highest BCUT2D eigenvalue weighted by Gasteiger charge is 2.12. The molecule has 32 heavy (non-hydrogen) atoms. The lowest BCUT2D eigenvalue weighted by Gasteiger charge is -2.23. The van der Waals surface area contributed by atoms with Gasteiger partial charge in [-0.25, -0.2) is 0 Å². The van der Waals surface area contributed by atoms with Crippen LogP contribution in [0.25, 0.3) is 20.2 Å². The van der Waals surface area contributed by atoms with Crippen LogP contribution in [0.2, 0.25) is 0 Å². The van der Waals surface area contributed by atoms with Gasteiger partial charge in [0.15, 0.2) is 5.43 Å². The number of nitrogens with one attached hydrogen (secondary N) is 1. The Balaban J connectivity index is 0.00000256. The number of benzene rings is 2. The van der Waals surface area contributed by atoms with Crippen LogP contribution in [0.3, 0.4) is 0 Å². The highest BCUT2D eigenvalue weighted by atomic mass is 35.5. The van der Waals surface area contributed by atoms with Gasteiger partial charge in [0.2, 0.25) is 0 Å². The number of unbranched alkanes of at least 4 members (excludes halogenated alkanes) is 4. The Morgan fingerprint density at radius 1 is 0.875 bits per heavy atom. The number of hydrogen-bond donors (Lipinski definition) is 1. The number of hydrogen-bond acceptors (Lipinski definition) is 4. The van der Waals surface area contributed by atoms with E-state index >= 15 is 0 Å². The minimum Gasteiger partial charge on any atom is -0.383 e. The molecule has 2 aromatic carbocycles. The summed E-state index contributed by atoms with van der Waals surface area (Å²) in [6.07, 6.45) is 7.67. The summed E-state index contributed by atoms with van der Waals surface area (Å²) in [4.78, 5) is 15.9. The Labute approximate surface area is 209 Å². The van der Waals surface area contributed by atoms with Gasteiger partial charge in [-0.15, -0.1) is 36.2 Å². The first-order valence-electron chi connectivity index (χ1n) is 11.6. The maximum Gasteiger partial charge on any atom is 0.197 e. The molecule has 6 heteroatoms. The van der Waals surface area contributed by atoms with Crippen LogP contribution in [-0.4, -0.2) is 31.1 Å². The van der Waals surface area contributed by atoms with E-state index in [2.05, 4.69) is 43.1 Å². The van der Waals surface area contributed by atoms with E-state index in [1.54, 1.807) is 11.3 Å². The maximum absolute atomic E-state index is 13.3. The summed E-state index contributed by atoms with van der Waals surface area (Å²) in [6.45, 7) is 10.9. The summed E-state index contributed by atoms with van der Waals surface area (Å²) in [5, 5.41) is 5.27. The fourth-order valence-corrected chi connectivity index (χ4v) is 5.20. The fraction of sp³-hybridized carbons (Fsp3) is 0.500. The quantitative estimate of drug-likeness (QED) is 0.206. The molecular formula is C26H38Cl2N2OS. The smallest absolute Gasteiger partial charge is 0.197 e. The molecule has 0 atom stereocenters. The summed E-state index contributed by atoms with van der Waals surface area (Å²) < 4.78 is 2.17. The third-order valence-corrected chi connectivity index (χ3v) is 7.13. The maximum atomic E-state index is 13.3. The summed E-state index contributed by atoms with van der Waals surface area (Å²) in [6, 6.07) is 12.2. The van der Waals surface area contributed by atoms with Crippen molar-refractivity contribution in [3.63, 3.8) is 0 Å². The lowest BCUT2D eigenvalue weighted by atomic mass is 10.1. The van der Waals surface area contributed by atoms with Gasteiger partial charge in [0.25, 0.3) is 0 Å². The third-order valence-electron chi connectivity index (χ3n) is 5.82. The molecule has 1 heterocycles. The fourth-order valence-electron chi connectivity index (χ4n) is 4.03. The molecule has 0 amide bonds. The van der Waals surface area contributed by atoms with E-state index in [1.165, 1.54) is 57.2 Å². The summed E-state index contributed by atoms with van der Waals surface area (Å²) >= 11 is 1.72. The molecule has 0 radical (unpaired) electrons. The normalized spacial score (nSPS) is 10.9. The molecular weight excluding hydrogens is 459 g/mol. The molecule has 178 valence electrons. The van der Waals surface area contributed by atoms with Crippen LogP contribution >= 0.6 is 36.2 Å². The minimum absolute atomic E-state index is 0. The van der Waals surface area contributed by atoms with Gasteiger partial charge in [-0.3, -0.25) is 4.79 Å². The number of halogens is 2. The monoisotopic (exact) mass is 496 g/mol. The predicted molar refractivity (Wildman–Crippen MR) is 149 cm³/mol. The van der Waals surface area contributed by atoms with E-state index in [1.807, 2.05) is 24.3 Å². The van der Waals surface area contributed by atoms with Crippen molar-refractivity contribution in [2.45, 2.75) is 59.3 Å². The molecule has 3 aromatic rings. The van der Waals surface area contributed by atoms with Gasteiger partial charge in [0.1, 0.15) is 0 Å². The topological polar surface area (TPSA) is 32.3 Å². The summed E-state index contributed by atoms with van der Waals surface area (Å²) in [5.41, 5.74) is 2.29. The molecule has 0 aliphatic carbocycles. The van der Waals surface area contributed by atoms with Crippen molar-refractivity contribution >= 4 is 62.0 Å². The standard InChI is InChI=1S/C26H36N2OS.2ClH/c1-4-6-10-17-28(18-11-7-5-2)19-16-27-22-15-14-20(3)26-24(22)25(29)21-12-8-9-13-23(21)30-26;;/h8-9,12-15,27H,4-7,10-11,16-19H2,1-3H3;2*1H. The third kappa shape index (κ3) is 7.34. The van der Waals surface area contributed by atoms with Crippen LogP contribution in [0, 0.1) is 6.92 Å². The van der Waals surface area contributed by atoms with E-state index in [0.717, 1.165) is 38.9 Å². The van der Waals surface area contributed by atoms with Crippen molar-refractivity contribution in [3.05, 3.63) is 52.2 Å². The second-order valence-electron chi connectivity index (χ2n) is 8.24. The molecule has 0 aliphatic rings. The number of fused-ring (bicyclic) bond motifs is 2. The second kappa shape index (κ2) is 14.7.